The van der Waals surface area contributed by atoms with E-state index in [2.05, 4.69) is 18.7 Å². The number of nitrogens with zero attached hydrogens (tertiary/aromatic N) is 1. The molecule has 0 radical (unpaired) electrons. The number of anilines is 1. The number of hydrogen-bond donors (Lipinski definition) is 1. The van der Waals surface area contributed by atoms with E-state index in [0.717, 1.165) is 42.0 Å². The first-order chi connectivity index (χ1) is 12.9. The Morgan fingerprint density at radius 3 is 2.81 bits per heavy atom. The predicted octanol–water partition coefficient (Wildman–Crippen LogP) is 5.38. The van der Waals surface area contributed by atoms with Crippen LogP contribution in [0.25, 0.3) is 0 Å². The molecular formula is C21H24ClNO4. The van der Waals surface area contributed by atoms with Crippen LogP contribution in [-0.2, 0) is 13.0 Å². The quantitative estimate of drug-likeness (QED) is 0.530. The normalized spacial score (nSPS) is 13.4. The Kier molecular flexibility index (Phi) is 6.11. The molecule has 144 valence electrons. The second-order valence-corrected chi connectivity index (χ2v) is 7.54. The monoisotopic (exact) mass is 389 g/mol. The molecule has 0 atom stereocenters. The molecule has 0 bridgehead atoms. The fourth-order valence-corrected chi connectivity index (χ4v) is 3.49. The zero-order valence-electron chi connectivity index (χ0n) is 15.6. The van der Waals surface area contributed by atoms with Gasteiger partial charge in [-0.1, -0.05) is 31.5 Å². The lowest BCUT2D eigenvalue weighted by atomic mass is 9.99. The standard InChI is InChI=1S/C21H24ClNO4/c1-14(2)13-26-19-9-8-16(22)11-15(19)12-23-10-4-5-17-18(23)6-3-7-20(17)27-21(24)25/h3,6-9,11,14H,4-5,10,12-13H2,1-2H3,(H,24,25). The van der Waals surface area contributed by atoms with Crippen molar-refractivity contribution >= 4 is 23.4 Å². The number of benzene rings is 2. The van der Waals surface area contributed by atoms with Gasteiger partial charge in [-0.05, 0) is 49.1 Å². The molecule has 0 spiro atoms. The van der Waals surface area contributed by atoms with Gasteiger partial charge in [0.15, 0.2) is 0 Å². The van der Waals surface area contributed by atoms with Crippen LogP contribution >= 0.6 is 11.6 Å². The Balaban J connectivity index is 1.88. The smallest absolute Gasteiger partial charge is 0.493 e. The van der Waals surface area contributed by atoms with Crippen molar-refractivity contribution < 1.29 is 19.4 Å². The molecular weight excluding hydrogens is 366 g/mol. The number of ether oxygens (including phenoxy) is 2. The van der Waals surface area contributed by atoms with Crippen LogP contribution in [0.3, 0.4) is 0 Å². The average molecular weight is 390 g/mol. The van der Waals surface area contributed by atoms with Gasteiger partial charge in [0.2, 0.25) is 0 Å². The van der Waals surface area contributed by atoms with Crippen molar-refractivity contribution in [3.8, 4) is 11.5 Å². The maximum atomic E-state index is 11.0. The maximum absolute atomic E-state index is 11.0. The zero-order valence-corrected chi connectivity index (χ0v) is 16.3. The van der Waals surface area contributed by atoms with E-state index in [1.165, 1.54) is 0 Å². The van der Waals surface area contributed by atoms with Gasteiger partial charge >= 0.3 is 6.16 Å². The van der Waals surface area contributed by atoms with E-state index in [-0.39, 0.29) is 0 Å². The molecule has 6 heteroatoms. The SMILES string of the molecule is CC(C)COc1ccc(Cl)cc1CN1CCCc2c(OC(=O)O)cccc21. The summed E-state index contributed by atoms with van der Waals surface area (Å²) < 4.78 is 10.9. The van der Waals surface area contributed by atoms with E-state index in [0.29, 0.717) is 29.8 Å². The molecule has 2 aromatic carbocycles. The van der Waals surface area contributed by atoms with Crippen molar-refractivity contribution in [1.29, 1.82) is 0 Å². The van der Waals surface area contributed by atoms with Crippen molar-refractivity contribution in [2.45, 2.75) is 33.2 Å². The number of fused-ring (bicyclic) bond motifs is 1. The molecule has 0 aliphatic carbocycles. The van der Waals surface area contributed by atoms with Gasteiger partial charge in [0, 0.05) is 34.9 Å². The van der Waals surface area contributed by atoms with E-state index >= 15 is 0 Å². The Morgan fingerprint density at radius 2 is 2.07 bits per heavy atom. The fourth-order valence-electron chi connectivity index (χ4n) is 3.30. The third-order valence-corrected chi connectivity index (χ3v) is 4.69. The summed E-state index contributed by atoms with van der Waals surface area (Å²) >= 11 is 6.22. The fraction of sp³-hybridized carbons (Fsp3) is 0.381. The van der Waals surface area contributed by atoms with Gasteiger partial charge in [-0.15, -0.1) is 0 Å². The summed E-state index contributed by atoms with van der Waals surface area (Å²) in [5.41, 5.74) is 2.94. The summed E-state index contributed by atoms with van der Waals surface area (Å²) in [6.07, 6.45) is 0.428. The van der Waals surface area contributed by atoms with Crippen LogP contribution in [0.2, 0.25) is 5.02 Å². The molecule has 1 heterocycles. The third-order valence-electron chi connectivity index (χ3n) is 4.46. The summed E-state index contributed by atoms with van der Waals surface area (Å²) in [6, 6.07) is 11.2. The van der Waals surface area contributed by atoms with E-state index < -0.39 is 6.16 Å². The van der Waals surface area contributed by atoms with Gasteiger partial charge in [0.25, 0.3) is 0 Å². The first-order valence-corrected chi connectivity index (χ1v) is 9.50. The summed E-state index contributed by atoms with van der Waals surface area (Å²) in [4.78, 5) is 13.2. The highest BCUT2D eigenvalue weighted by atomic mass is 35.5. The molecule has 27 heavy (non-hydrogen) atoms. The lowest BCUT2D eigenvalue weighted by Gasteiger charge is -2.32. The molecule has 2 aromatic rings. The highest BCUT2D eigenvalue weighted by Gasteiger charge is 2.22. The number of carbonyl (C=O) groups is 1. The van der Waals surface area contributed by atoms with Crippen LogP contribution in [0, 0.1) is 5.92 Å². The maximum Gasteiger partial charge on any atom is 0.511 e. The largest absolute Gasteiger partial charge is 0.511 e. The van der Waals surface area contributed by atoms with Crippen LogP contribution in [-0.4, -0.2) is 24.4 Å². The van der Waals surface area contributed by atoms with Gasteiger partial charge in [-0.3, -0.25) is 0 Å². The minimum absolute atomic E-state index is 0.409. The second kappa shape index (κ2) is 8.53. The van der Waals surface area contributed by atoms with Crippen molar-refractivity contribution in [3.05, 3.63) is 52.5 Å². The van der Waals surface area contributed by atoms with Gasteiger partial charge in [0.1, 0.15) is 11.5 Å². The first kappa shape index (κ1) is 19.4. The van der Waals surface area contributed by atoms with E-state index in [4.69, 9.17) is 26.2 Å². The van der Waals surface area contributed by atoms with Gasteiger partial charge in [-0.25, -0.2) is 4.79 Å². The predicted molar refractivity (Wildman–Crippen MR) is 106 cm³/mol. The van der Waals surface area contributed by atoms with Crippen LogP contribution in [0.4, 0.5) is 10.5 Å². The van der Waals surface area contributed by atoms with Crippen LogP contribution in [0.15, 0.2) is 36.4 Å². The molecule has 0 aromatic heterocycles. The molecule has 1 N–H and O–H groups in total. The van der Waals surface area contributed by atoms with Crippen molar-refractivity contribution in [2.75, 3.05) is 18.1 Å². The van der Waals surface area contributed by atoms with Gasteiger partial charge in [0.05, 0.1) is 6.61 Å². The number of halogens is 1. The number of carboxylic acid groups (broad SMARTS) is 1. The molecule has 0 saturated heterocycles. The molecule has 0 unspecified atom stereocenters. The summed E-state index contributed by atoms with van der Waals surface area (Å²) in [7, 11) is 0. The van der Waals surface area contributed by atoms with E-state index in [1.54, 1.807) is 6.07 Å². The van der Waals surface area contributed by atoms with Crippen molar-refractivity contribution in [2.24, 2.45) is 5.92 Å². The zero-order chi connectivity index (χ0) is 19.4. The highest BCUT2D eigenvalue weighted by Crippen LogP contribution is 2.36. The Morgan fingerprint density at radius 1 is 1.26 bits per heavy atom. The molecule has 5 nitrogen and oxygen atoms in total. The van der Waals surface area contributed by atoms with Crippen molar-refractivity contribution in [1.82, 2.24) is 0 Å². The average Bonchev–Trinajstić information content (AvgIpc) is 2.61. The lowest BCUT2D eigenvalue weighted by molar-refractivity contribution is 0.144. The second-order valence-electron chi connectivity index (χ2n) is 7.10. The van der Waals surface area contributed by atoms with E-state index in [9.17, 15) is 4.79 Å². The van der Waals surface area contributed by atoms with Gasteiger partial charge in [-0.2, -0.15) is 0 Å². The molecule has 0 amide bonds. The summed E-state index contributed by atoms with van der Waals surface area (Å²) in [6.45, 7) is 6.37. The van der Waals surface area contributed by atoms with Crippen LogP contribution < -0.4 is 14.4 Å². The highest BCUT2D eigenvalue weighted by molar-refractivity contribution is 6.30. The molecule has 0 saturated carbocycles. The number of hydrogen-bond acceptors (Lipinski definition) is 4. The Labute approximate surface area is 164 Å². The molecule has 3 rings (SSSR count). The number of rotatable bonds is 6. The molecule has 1 aliphatic heterocycles. The van der Waals surface area contributed by atoms with Gasteiger partial charge < -0.3 is 19.5 Å². The van der Waals surface area contributed by atoms with Crippen LogP contribution in [0.5, 0.6) is 11.5 Å². The molecule has 0 fully saturated rings. The third kappa shape index (κ3) is 4.86. The van der Waals surface area contributed by atoms with Crippen LogP contribution in [0.1, 0.15) is 31.4 Å². The summed E-state index contributed by atoms with van der Waals surface area (Å²) in [5, 5.41) is 9.64. The Bertz CT molecular complexity index is 822. The lowest BCUT2D eigenvalue weighted by Crippen LogP contribution is -2.29. The van der Waals surface area contributed by atoms with E-state index in [1.807, 2.05) is 30.3 Å². The summed E-state index contributed by atoms with van der Waals surface area (Å²) in [5.74, 6) is 1.67. The minimum Gasteiger partial charge on any atom is -0.493 e. The molecule has 1 aliphatic rings. The topological polar surface area (TPSA) is 59.0 Å². The first-order valence-electron chi connectivity index (χ1n) is 9.13. The van der Waals surface area contributed by atoms with Crippen molar-refractivity contribution in [3.63, 3.8) is 0 Å². The minimum atomic E-state index is -1.29. The Hall–Kier alpha value is -2.40.